The van der Waals surface area contributed by atoms with Crippen LogP contribution >= 0.6 is 47.1 Å². The number of rotatable bonds is 9. The quantitative estimate of drug-likeness (QED) is 0.184. The summed E-state index contributed by atoms with van der Waals surface area (Å²) in [5.74, 6) is 1.98. The van der Waals surface area contributed by atoms with Gasteiger partial charge >= 0.3 is 0 Å². The van der Waals surface area contributed by atoms with Gasteiger partial charge in [0.15, 0.2) is 5.96 Å². The highest BCUT2D eigenvalue weighted by atomic mass is 127. The number of aromatic nitrogens is 1. The first-order valence-electron chi connectivity index (χ1n) is 8.23. The van der Waals surface area contributed by atoms with Crippen molar-refractivity contribution in [2.45, 2.75) is 17.7 Å². The number of morpholine rings is 1. The Morgan fingerprint density at radius 2 is 2.25 bits per heavy atom. The largest absolute Gasteiger partial charge is 0.379 e. The Hall–Kier alpha value is -0.100. The number of halogens is 1. The molecule has 0 aliphatic carbocycles. The number of guanidine groups is 1. The molecule has 2 heterocycles. The normalized spacial score (nSPS) is 15.8. The molecule has 0 bridgehead atoms. The zero-order chi connectivity index (χ0) is 16.2. The Kier molecular flexibility index (Phi) is 12.9. The first kappa shape index (κ1) is 21.9. The van der Waals surface area contributed by atoms with E-state index in [4.69, 9.17) is 4.74 Å². The van der Waals surface area contributed by atoms with Gasteiger partial charge in [0.2, 0.25) is 0 Å². The lowest BCUT2D eigenvalue weighted by atomic mass is 10.4. The highest BCUT2D eigenvalue weighted by Gasteiger charge is 2.09. The molecule has 0 radical (unpaired) electrons. The third kappa shape index (κ3) is 9.40. The van der Waals surface area contributed by atoms with Crippen molar-refractivity contribution >= 4 is 53.0 Å². The number of aliphatic imine (C=N–C) groups is 1. The Labute approximate surface area is 170 Å². The average molecular weight is 485 g/mol. The lowest BCUT2D eigenvalue weighted by molar-refractivity contribution is 0.0389. The van der Waals surface area contributed by atoms with Crippen LogP contribution < -0.4 is 10.6 Å². The molecule has 0 saturated carbocycles. The van der Waals surface area contributed by atoms with Gasteiger partial charge in [-0.3, -0.25) is 9.89 Å². The SMILES string of the molecule is CCNC(=NCCCSc1nccs1)NCCN1CCOCC1.I. The maximum Gasteiger partial charge on any atom is 0.191 e. The third-order valence-corrected chi connectivity index (χ3v) is 5.43. The van der Waals surface area contributed by atoms with Gasteiger partial charge in [-0.25, -0.2) is 4.98 Å². The minimum atomic E-state index is 0. The maximum atomic E-state index is 5.36. The van der Waals surface area contributed by atoms with Crippen LogP contribution in [0.4, 0.5) is 0 Å². The van der Waals surface area contributed by atoms with Gasteiger partial charge in [0.05, 0.1) is 13.2 Å². The van der Waals surface area contributed by atoms with E-state index in [1.54, 1.807) is 11.3 Å². The van der Waals surface area contributed by atoms with E-state index in [-0.39, 0.29) is 24.0 Å². The summed E-state index contributed by atoms with van der Waals surface area (Å²) >= 11 is 3.51. The molecule has 1 saturated heterocycles. The first-order valence-corrected chi connectivity index (χ1v) is 10.1. The van der Waals surface area contributed by atoms with Crippen LogP contribution in [0.3, 0.4) is 0 Å². The molecule has 0 unspecified atom stereocenters. The second-order valence-electron chi connectivity index (χ2n) is 5.14. The molecule has 2 N–H and O–H groups in total. The topological polar surface area (TPSA) is 61.8 Å². The summed E-state index contributed by atoms with van der Waals surface area (Å²) in [6.07, 6.45) is 2.91. The van der Waals surface area contributed by atoms with E-state index in [0.29, 0.717) is 0 Å². The van der Waals surface area contributed by atoms with Crippen molar-refractivity contribution in [1.29, 1.82) is 0 Å². The van der Waals surface area contributed by atoms with Crippen molar-refractivity contribution in [2.75, 3.05) is 58.2 Å². The van der Waals surface area contributed by atoms with Crippen LogP contribution in [0.25, 0.3) is 0 Å². The predicted molar refractivity (Wildman–Crippen MR) is 114 cm³/mol. The van der Waals surface area contributed by atoms with Crippen LogP contribution in [0.1, 0.15) is 13.3 Å². The summed E-state index contributed by atoms with van der Waals surface area (Å²) in [7, 11) is 0. The van der Waals surface area contributed by atoms with E-state index in [0.717, 1.165) is 75.0 Å². The Morgan fingerprint density at radius 3 is 2.96 bits per heavy atom. The molecule has 138 valence electrons. The van der Waals surface area contributed by atoms with E-state index >= 15 is 0 Å². The molecule has 1 aliphatic heterocycles. The summed E-state index contributed by atoms with van der Waals surface area (Å²) in [5.41, 5.74) is 0. The van der Waals surface area contributed by atoms with E-state index < -0.39 is 0 Å². The van der Waals surface area contributed by atoms with E-state index in [9.17, 15) is 0 Å². The van der Waals surface area contributed by atoms with Crippen LogP contribution in [-0.4, -0.2) is 74.1 Å². The summed E-state index contributed by atoms with van der Waals surface area (Å²) < 4.78 is 6.51. The van der Waals surface area contributed by atoms with Gasteiger partial charge in [-0.05, 0) is 13.3 Å². The van der Waals surface area contributed by atoms with Gasteiger partial charge in [0.1, 0.15) is 4.34 Å². The number of nitrogens with zero attached hydrogens (tertiary/aromatic N) is 3. The summed E-state index contributed by atoms with van der Waals surface area (Å²) in [6, 6.07) is 0. The summed E-state index contributed by atoms with van der Waals surface area (Å²) in [5, 5.41) is 8.73. The van der Waals surface area contributed by atoms with Gasteiger partial charge in [-0.15, -0.1) is 35.3 Å². The predicted octanol–water partition coefficient (Wildman–Crippen LogP) is 2.13. The molecule has 6 nitrogen and oxygen atoms in total. The lowest BCUT2D eigenvalue weighted by Gasteiger charge is -2.26. The Balaban J connectivity index is 0.00000288. The highest BCUT2D eigenvalue weighted by Crippen LogP contribution is 2.20. The number of nitrogens with one attached hydrogen (secondary N) is 2. The number of hydrogen-bond acceptors (Lipinski definition) is 6. The second-order valence-corrected chi connectivity index (χ2v) is 7.38. The van der Waals surface area contributed by atoms with Crippen molar-refractivity contribution in [3.8, 4) is 0 Å². The van der Waals surface area contributed by atoms with Crippen molar-refractivity contribution in [3.63, 3.8) is 0 Å². The lowest BCUT2D eigenvalue weighted by Crippen LogP contribution is -2.44. The highest BCUT2D eigenvalue weighted by molar-refractivity contribution is 14.0. The summed E-state index contributed by atoms with van der Waals surface area (Å²) in [6.45, 7) is 9.54. The van der Waals surface area contributed by atoms with Gasteiger partial charge in [-0.2, -0.15) is 0 Å². The fourth-order valence-electron chi connectivity index (χ4n) is 2.20. The van der Waals surface area contributed by atoms with Gasteiger partial charge in [-0.1, -0.05) is 11.8 Å². The van der Waals surface area contributed by atoms with Gasteiger partial charge in [0, 0.05) is 56.6 Å². The molecule has 1 fully saturated rings. The molecule has 0 atom stereocenters. The average Bonchev–Trinajstić information content (AvgIpc) is 3.09. The van der Waals surface area contributed by atoms with Crippen molar-refractivity contribution < 1.29 is 4.74 Å². The number of ether oxygens (including phenoxy) is 1. The molecule has 1 aromatic heterocycles. The molecular weight excluding hydrogens is 457 g/mol. The van der Waals surface area contributed by atoms with Crippen LogP contribution in [0, 0.1) is 0 Å². The van der Waals surface area contributed by atoms with E-state index in [2.05, 4.69) is 32.4 Å². The van der Waals surface area contributed by atoms with Gasteiger partial charge < -0.3 is 15.4 Å². The fraction of sp³-hybridized carbons (Fsp3) is 0.733. The molecule has 1 aromatic rings. The minimum absolute atomic E-state index is 0. The molecule has 0 amide bonds. The minimum Gasteiger partial charge on any atom is -0.379 e. The van der Waals surface area contributed by atoms with Crippen LogP contribution in [0.2, 0.25) is 0 Å². The van der Waals surface area contributed by atoms with E-state index in [1.165, 1.54) is 0 Å². The fourth-order valence-corrected chi connectivity index (χ4v) is 3.83. The number of thioether (sulfide) groups is 1. The number of thiazole rings is 1. The van der Waals surface area contributed by atoms with Crippen LogP contribution in [0.15, 0.2) is 20.9 Å². The smallest absolute Gasteiger partial charge is 0.191 e. The molecular formula is C15H28IN5OS2. The molecule has 2 rings (SSSR count). The molecule has 1 aliphatic rings. The monoisotopic (exact) mass is 485 g/mol. The molecule has 24 heavy (non-hydrogen) atoms. The third-order valence-electron chi connectivity index (χ3n) is 3.38. The molecule has 9 heteroatoms. The second kappa shape index (κ2) is 14.1. The first-order chi connectivity index (χ1) is 11.4. The zero-order valence-electron chi connectivity index (χ0n) is 14.2. The molecule has 0 spiro atoms. The van der Waals surface area contributed by atoms with Crippen LogP contribution in [-0.2, 0) is 4.74 Å². The van der Waals surface area contributed by atoms with Crippen molar-refractivity contribution in [1.82, 2.24) is 20.5 Å². The van der Waals surface area contributed by atoms with E-state index in [1.807, 2.05) is 23.3 Å². The summed E-state index contributed by atoms with van der Waals surface area (Å²) in [4.78, 5) is 11.3. The van der Waals surface area contributed by atoms with Crippen LogP contribution in [0.5, 0.6) is 0 Å². The maximum absolute atomic E-state index is 5.36. The van der Waals surface area contributed by atoms with Crippen molar-refractivity contribution in [2.24, 2.45) is 4.99 Å². The number of hydrogen-bond donors (Lipinski definition) is 2. The zero-order valence-corrected chi connectivity index (χ0v) is 18.2. The van der Waals surface area contributed by atoms with Crippen molar-refractivity contribution in [3.05, 3.63) is 11.6 Å². The van der Waals surface area contributed by atoms with Gasteiger partial charge in [0.25, 0.3) is 0 Å². The Bertz CT molecular complexity index is 441. The standard InChI is InChI=1S/C15H27N5OS2.HI/c1-2-16-14(18-5-7-20-8-10-21-11-9-20)17-4-3-12-22-15-19-6-13-23-15;/h6,13H,2-5,7-12H2,1H3,(H2,16,17,18);1H. The Morgan fingerprint density at radius 1 is 1.42 bits per heavy atom. The molecule has 0 aromatic carbocycles.